The number of carboxylic acids is 1. The van der Waals surface area contributed by atoms with Crippen molar-refractivity contribution in [1.82, 2.24) is 9.78 Å². The first-order valence-corrected chi connectivity index (χ1v) is 9.80. The van der Waals surface area contributed by atoms with E-state index in [1.807, 2.05) is 0 Å². The highest BCUT2D eigenvalue weighted by Gasteiger charge is 2.56. The van der Waals surface area contributed by atoms with Gasteiger partial charge in [0.25, 0.3) is 5.56 Å². The van der Waals surface area contributed by atoms with Crippen molar-refractivity contribution < 1.29 is 14.3 Å². The SMILES string of the molecule is CCC(F)(C(=O)O)n1ncc(N[C@@H]2C[C@H]3C[C@H]([C@@H]2C)C3(C)C)c(Br)c1=O. The minimum Gasteiger partial charge on any atom is -0.477 e. The summed E-state index contributed by atoms with van der Waals surface area (Å²) in [4.78, 5) is 23.8. The first-order valence-electron chi connectivity index (χ1n) is 9.01. The normalized spacial score (nSPS) is 31.6. The Kier molecular flexibility index (Phi) is 4.70. The Labute approximate surface area is 160 Å². The number of anilines is 1. The maximum Gasteiger partial charge on any atom is 0.364 e. The summed E-state index contributed by atoms with van der Waals surface area (Å²) in [5, 5.41) is 16.3. The third-order valence-electron chi connectivity index (χ3n) is 6.75. The van der Waals surface area contributed by atoms with Crippen LogP contribution in [0.4, 0.5) is 10.1 Å². The third-order valence-corrected chi connectivity index (χ3v) is 7.51. The largest absolute Gasteiger partial charge is 0.477 e. The van der Waals surface area contributed by atoms with Gasteiger partial charge in [-0.1, -0.05) is 27.7 Å². The highest BCUT2D eigenvalue weighted by atomic mass is 79.9. The predicted octanol–water partition coefficient (Wildman–Crippen LogP) is 3.61. The summed E-state index contributed by atoms with van der Waals surface area (Å²) in [5.41, 5.74) is 0.0363. The molecular weight excluding hydrogens is 405 g/mol. The lowest BCUT2D eigenvalue weighted by atomic mass is 9.45. The molecule has 3 aliphatic rings. The highest BCUT2D eigenvalue weighted by molar-refractivity contribution is 9.10. The van der Waals surface area contributed by atoms with Crippen molar-refractivity contribution in [3.63, 3.8) is 0 Å². The zero-order valence-electron chi connectivity index (χ0n) is 15.4. The molecule has 144 valence electrons. The van der Waals surface area contributed by atoms with Crippen LogP contribution in [-0.4, -0.2) is 26.9 Å². The van der Waals surface area contributed by atoms with Gasteiger partial charge < -0.3 is 10.4 Å². The molecule has 2 bridgehead atoms. The van der Waals surface area contributed by atoms with Crippen LogP contribution in [0.3, 0.4) is 0 Å². The average Bonchev–Trinajstić information content (AvgIpc) is 2.59. The number of hydrogen-bond acceptors (Lipinski definition) is 4. The van der Waals surface area contributed by atoms with Gasteiger partial charge >= 0.3 is 11.8 Å². The Balaban J connectivity index is 1.86. The summed E-state index contributed by atoms with van der Waals surface area (Å²) in [5.74, 6) is -2.86. The van der Waals surface area contributed by atoms with Crippen molar-refractivity contribution in [2.24, 2.45) is 23.2 Å². The molecule has 1 heterocycles. The number of halogens is 2. The number of aromatic nitrogens is 2. The maximum atomic E-state index is 14.7. The number of nitrogens with one attached hydrogen (secondary N) is 1. The zero-order chi connectivity index (χ0) is 19.4. The first-order chi connectivity index (χ1) is 12.0. The fourth-order valence-corrected chi connectivity index (χ4v) is 5.10. The minimum atomic E-state index is -2.86. The minimum absolute atomic E-state index is 0.106. The van der Waals surface area contributed by atoms with Gasteiger partial charge in [-0.3, -0.25) is 4.79 Å². The van der Waals surface area contributed by atoms with E-state index in [1.165, 1.54) is 19.5 Å². The molecule has 26 heavy (non-hydrogen) atoms. The second-order valence-corrected chi connectivity index (χ2v) is 9.01. The molecule has 0 aliphatic heterocycles. The van der Waals surface area contributed by atoms with E-state index in [0.717, 1.165) is 6.42 Å². The molecule has 3 aliphatic carbocycles. The van der Waals surface area contributed by atoms with Crippen molar-refractivity contribution in [3.8, 4) is 0 Å². The van der Waals surface area contributed by atoms with Crippen LogP contribution in [0.5, 0.6) is 0 Å². The third kappa shape index (κ3) is 2.68. The Morgan fingerprint density at radius 2 is 2.19 bits per heavy atom. The molecule has 0 spiro atoms. The van der Waals surface area contributed by atoms with Gasteiger partial charge in [0.1, 0.15) is 4.47 Å². The lowest BCUT2D eigenvalue weighted by Gasteiger charge is -2.62. The molecular formula is C18H25BrFN3O3. The number of carboxylic acid groups (broad SMARTS) is 1. The summed E-state index contributed by atoms with van der Waals surface area (Å²) < 4.78 is 15.2. The summed E-state index contributed by atoms with van der Waals surface area (Å²) in [6, 6.07) is 0.209. The van der Waals surface area contributed by atoms with Gasteiger partial charge in [0.2, 0.25) is 0 Å². The summed E-state index contributed by atoms with van der Waals surface area (Å²) in [6.07, 6.45) is 3.19. The number of alkyl halides is 1. The van der Waals surface area contributed by atoms with E-state index in [2.05, 4.69) is 47.1 Å². The van der Waals surface area contributed by atoms with Crippen LogP contribution in [-0.2, 0) is 10.6 Å². The van der Waals surface area contributed by atoms with Gasteiger partial charge in [-0.2, -0.15) is 9.78 Å². The smallest absolute Gasteiger partial charge is 0.364 e. The van der Waals surface area contributed by atoms with Crippen LogP contribution in [0.1, 0.15) is 47.0 Å². The molecule has 8 heteroatoms. The van der Waals surface area contributed by atoms with E-state index in [4.69, 9.17) is 5.11 Å². The van der Waals surface area contributed by atoms with E-state index in [9.17, 15) is 14.0 Å². The van der Waals surface area contributed by atoms with Gasteiger partial charge in [-0.05, 0) is 51.9 Å². The Hall–Kier alpha value is -1.44. The first kappa shape index (κ1) is 19.3. The van der Waals surface area contributed by atoms with Crippen molar-refractivity contribution in [3.05, 3.63) is 21.0 Å². The predicted molar refractivity (Wildman–Crippen MR) is 99.8 cm³/mol. The molecule has 4 rings (SSSR count). The lowest BCUT2D eigenvalue weighted by molar-refractivity contribution is -0.160. The Morgan fingerprint density at radius 3 is 2.69 bits per heavy atom. The van der Waals surface area contributed by atoms with Crippen LogP contribution in [0, 0.1) is 23.2 Å². The molecule has 0 amide bonds. The van der Waals surface area contributed by atoms with Crippen LogP contribution < -0.4 is 10.9 Å². The number of carbonyl (C=O) groups is 1. The molecule has 1 aromatic heterocycles. The molecule has 0 radical (unpaired) electrons. The van der Waals surface area contributed by atoms with Crippen molar-refractivity contribution in [2.45, 2.75) is 58.8 Å². The molecule has 3 saturated carbocycles. The van der Waals surface area contributed by atoms with E-state index >= 15 is 0 Å². The van der Waals surface area contributed by atoms with E-state index < -0.39 is 23.7 Å². The number of rotatable bonds is 5. The van der Waals surface area contributed by atoms with Gasteiger partial charge in [-0.25, -0.2) is 9.18 Å². The summed E-state index contributed by atoms with van der Waals surface area (Å²) in [7, 11) is 0. The van der Waals surface area contributed by atoms with Crippen LogP contribution in [0.25, 0.3) is 0 Å². The highest BCUT2D eigenvalue weighted by Crippen LogP contribution is 2.61. The topological polar surface area (TPSA) is 84.2 Å². The summed E-state index contributed by atoms with van der Waals surface area (Å²) >= 11 is 3.20. The van der Waals surface area contributed by atoms with Crippen molar-refractivity contribution in [2.75, 3.05) is 5.32 Å². The van der Waals surface area contributed by atoms with Crippen molar-refractivity contribution in [1.29, 1.82) is 0 Å². The van der Waals surface area contributed by atoms with Crippen molar-refractivity contribution >= 4 is 27.6 Å². The Bertz CT molecular complexity index is 796. The molecule has 1 aromatic rings. The van der Waals surface area contributed by atoms with E-state index in [0.29, 0.717) is 33.5 Å². The quantitative estimate of drug-likeness (QED) is 0.746. The van der Waals surface area contributed by atoms with E-state index in [1.54, 1.807) is 0 Å². The van der Waals surface area contributed by atoms with Gasteiger partial charge in [0, 0.05) is 12.5 Å². The molecule has 0 saturated heterocycles. The number of hydrogen-bond donors (Lipinski definition) is 2. The van der Waals surface area contributed by atoms with E-state index in [-0.39, 0.29) is 10.5 Å². The molecule has 1 unspecified atom stereocenters. The Morgan fingerprint density at radius 1 is 1.54 bits per heavy atom. The number of fused-ring (bicyclic) bond motifs is 2. The number of nitrogens with zero attached hydrogens (tertiary/aromatic N) is 2. The van der Waals surface area contributed by atoms with Crippen LogP contribution in [0.2, 0.25) is 0 Å². The molecule has 3 fully saturated rings. The fourth-order valence-electron chi connectivity index (χ4n) is 4.72. The van der Waals surface area contributed by atoms with Gasteiger partial charge in [0.05, 0.1) is 11.9 Å². The fraction of sp³-hybridized carbons (Fsp3) is 0.722. The van der Waals surface area contributed by atoms with Gasteiger partial charge in [0.15, 0.2) is 0 Å². The second-order valence-electron chi connectivity index (χ2n) is 8.21. The van der Waals surface area contributed by atoms with Gasteiger partial charge in [-0.15, -0.1) is 0 Å². The molecule has 6 nitrogen and oxygen atoms in total. The second kappa shape index (κ2) is 6.32. The van der Waals surface area contributed by atoms with Crippen LogP contribution in [0.15, 0.2) is 15.5 Å². The monoisotopic (exact) mass is 429 g/mol. The lowest BCUT2D eigenvalue weighted by Crippen LogP contribution is -2.58. The molecule has 0 aromatic carbocycles. The zero-order valence-corrected chi connectivity index (χ0v) is 17.0. The standard InChI is InChI=1S/C18H25BrFN3O3/c1-5-18(20,16(25)26)23-15(24)14(19)13(8-21-23)22-12-7-10-6-11(9(12)2)17(10,3)4/h8-12,22H,5-7H2,1-4H3,(H,25,26)/t9-,10+,11+,12+,18?/m0/s1. The molecule has 5 atom stereocenters. The maximum absolute atomic E-state index is 14.7. The molecule has 2 N–H and O–H groups in total. The van der Waals surface area contributed by atoms with Crippen LogP contribution >= 0.6 is 15.9 Å². The average molecular weight is 430 g/mol. The number of aliphatic carboxylic acids is 1. The summed E-state index contributed by atoms with van der Waals surface area (Å²) in [6.45, 7) is 8.21.